The molecular formula is C34H33F6N3O4. The van der Waals surface area contributed by atoms with Gasteiger partial charge in [0.1, 0.15) is 5.75 Å². The van der Waals surface area contributed by atoms with Crippen LogP contribution in [-0.4, -0.2) is 63.0 Å². The molecular weight excluding hydrogens is 628 g/mol. The molecule has 0 spiro atoms. The summed E-state index contributed by atoms with van der Waals surface area (Å²) < 4.78 is 88.1. The van der Waals surface area contributed by atoms with Gasteiger partial charge in [0, 0.05) is 38.4 Å². The minimum absolute atomic E-state index is 0.00770. The van der Waals surface area contributed by atoms with Crippen molar-refractivity contribution in [3.8, 4) is 5.75 Å². The average Bonchev–Trinajstić information content (AvgIpc) is 3.05. The fraction of sp³-hybridized carbons (Fsp3) is 0.382. The van der Waals surface area contributed by atoms with Gasteiger partial charge in [-0.2, -0.15) is 26.3 Å². The maximum Gasteiger partial charge on any atom is 0.417 e. The van der Waals surface area contributed by atoms with Crippen LogP contribution in [0.2, 0.25) is 0 Å². The molecule has 2 unspecified atom stereocenters. The van der Waals surface area contributed by atoms with Crippen LogP contribution in [0.15, 0.2) is 85.7 Å². The van der Waals surface area contributed by atoms with E-state index in [9.17, 15) is 41.0 Å². The highest BCUT2D eigenvalue weighted by atomic mass is 19.4. The first-order chi connectivity index (χ1) is 22.2. The highest BCUT2D eigenvalue weighted by Gasteiger charge is 2.56. The molecule has 2 aromatic carbocycles. The molecule has 5 rings (SSSR count). The van der Waals surface area contributed by atoms with Gasteiger partial charge < -0.3 is 19.6 Å². The minimum atomic E-state index is -4.87. The Kier molecular flexibility index (Phi) is 9.40. The van der Waals surface area contributed by atoms with E-state index >= 15 is 0 Å². The number of hydrogen-bond donors (Lipinski definition) is 1. The zero-order valence-electron chi connectivity index (χ0n) is 25.2. The first-order valence-corrected chi connectivity index (χ1v) is 15.1. The Hall–Kier alpha value is -4.39. The molecule has 0 saturated carbocycles. The number of benzene rings is 2. The number of amides is 2. The van der Waals surface area contributed by atoms with Crippen LogP contribution in [0.3, 0.4) is 0 Å². The number of aromatic nitrogens is 1. The standard InChI is InChI=1S/C34H33F6N3O4/c1-2-7-28-32(47-25-12-10-24(11-13-25)33(35,36)37,30(45)42-20-16-31(46,17-21-42)23-8-4-3-5-9-23)15-6-19-43(28)29(44)26-22-41-18-14-27(26)34(38,39)40/h2-5,8-14,18,22,28,46H,1,6-7,15-17,19-21H2. The van der Waals surface area contributed by atoms with Crippen molar-refractivity contribution in [1.29, 1.82) is 0 Å². The number of alkyl halides is 6. The van der Waals surface area contributed by atoms with E-state index in [0.717, 1.165) is 41.6 Å². The van der Waals surface area contributed by atoms with Crippen molar-refractivity contribution in [3.63, 3.8) is 0 Å². The van der Waals surface area contributed by atoms with Crippen LogP contribution < -0.4 is 4.74 Å². The summed E-state index contributed by atoms with van der Waals surface area (Å²) in [5.74, 6) is -1.72. The molecule has 2 amide bonds. The van der Waals surface area contributed by atoms with Gasteiger partial charge in [-0.3, -0.25) is 14.6 Å². The van der Waals surface area contributed by atoms with Crippen molar-refractivity contribution < 1.29 is 45.8 Å². The molecule has 0 aliphatic carbocycles. The van der Waals surface area contributed by atoms with Gasteiger partial charge in [0.05, 0.1) is 28.3 Å². The second-order valence-electron chi connectivity index (χ2n) is 11.8. The van der Waals surface area contributed by atoms with Crippen LogP contribution in [0.25, 0.3) is 0 Å². The minimum Gasteiger partial charge on any atom is -0.475 e. The third-order valence-corrected chi connectivity index (χ3v) is 8.90. The zero-order valence-corrected chi connectivity index (χ0v) is 25.2. The quantitative estimate of drug-likeness (QED) is 0.227. The molecule has 2 fully saturated rings. The number of nitrogens with zero attached hydrogens (tertiary/aromatic N) is 3. The van der Waals surface area contributed by atoms with Crippen molar-refractivity contribution >= 4 is 11.8 Å². The second-order valence-corrected chi connectivity index (χ2v) is 11.8. The molecule has 47 heavy (non-hydrogen) atoms. The Morgan fingerprint density at radius 3 is 2.19 bits per heavy atom. The van der Waals surface area contributed by atoms with Gasteiger partial charge in [0.2, 0.25) is 5.60 Å². The van der Waals surface area contributed by atoms with E-state index in [0.29, 0.717) is 11.6 Å². The van der Waals surface area contributed by atoms with E-state index in [1.807, 2.05) is 6.07 Å². The Labute approximate surface area is 267 Å². The summed E-state index contributed by atoms with van der Waals surface area (Å²) in [5, 5.41) is 11.4. The molecule has 250 valence electrons. The molecule has 7 nitrogen and oxygen atoms in total. The van der Waals surface area contributed by atoms with E-state index in [1.165, 1.54) is 11.0 Å². The molecule has 0 bridgehead atoms. The molecule has 2 atom stereocenters. The van der Waals surface area contributed by atoms with Gasteiger partial charge >= 0.3 is 12.4 Å². The summed E-state index contributed by atoms with van der Waals surface area (Å²) in [7, 11) is 0. The topological polar surface area (TPSA) is 83.0 Å². The highest BCUT2D eigenvalue weighted by molar-refractivity contribution is 5.97. The number of pyridine rings is 1. The van der Waals surface area contributed by atoms with Gasteiger partial charge in [-0.05, 0) is 61.6 Å². The van der Waals surface area contributed by atoms with Crippen molar-refractivity contribution in [3.05, 3.63) is 108 Å². The van der Waals surface area contributed by atoms with Crippen LogP contribution in [0.5, 0.6) is 5.75 Å². The molecule has 2 saturated heterocycles. The highest BCUT2D eigenvalue weighted by Crippen LogP contribution is 2.41. The lowest BCUT2D eigenvalue weighted by molar-refractivity contribution is -0.163. The lowest BCUT2D eigenvalue weighted by Gasteiger charge is -2.51. The van der Waals surface area contributed by atoms with E-state index in [-0.39, 0.29) is 57.5 Å². The van der Waals surface area contributed by atoms with Gasteiger partial charge in [-0.25, -0.2) is 0 Å². The molecule has 3 aromatic rings. The second kappa shape index (κ2) is 13.0. The van der Waals surface area contributed by atoms with Crippen LogP contribution in [0, 0.1) is 0 Å². The SMILES string of the molecule is C=CCC1N(C(=O)c2cnccc2C(F)(F)F)CCCC1(Oc1ccc(C(F)(F)F)cc1)C(=O)N1CCC(O)(c2ccccc2)CC1. The Balaban J connectivity index is 1.54. The lowest BCUT2D eigenvalue weighted by atomic mass is 9.78. The largest absolute Gasteiger partial charge is 0.475 e. The molecule has 13 heteroatoms. The van der Waals surface area contributed by atoms with Crippen molar-refractivity contribution in [2.75, 3.05) is 19.6 Å². The zero-order chi connectivity index (χ0) is 34.0. The number of carbonyl (C=O) groups excluding carboxylic acids is 2. The Morgan fingerprint density at radius 1 is 0.936 bits per heavy atom. The van der Waals surface area contributed by atoms with E-state index in [1.54, 1.807) is 24.3 Å². The third kappa shape index (κ3) is 6.85. The lowest BCUT2D eigenvalue weighted by Crippen LogP contribution is -2.68. The van der Waals surface area contributed by atoms with Crippen LogP contribution >= 0.6 is 0 Å². The fourth-order valence-corrected chi connectivity index (χ4v) is 6.49. The van der Waals surface area contributed by atoms with Crippen molar-refractivity contribution in [1.82, 2.24) is 14.8 Å². The summed E-state index contributed by atoms with van der Waals surface area (Å²) >= 11 is 0. The predicted octanol–water partition coefficient (Wildman–Crippen LogP) is 6.63. The number of piperidine rings is 2. The molecule has 2 aliphatic heterocycles. The van der Waals surface area contributed by atoms with Gasteiger partial charge in [0.15, 0.2) is 0 Å². The van der Waals surface area contributed by atoms with Crippen molar-refractivity contribution in [2.24, 2.45) is 0 Å². The van der Waals surface area contributed by atoms with E-state index in [4.69, 9.17) is 4.74 Å². The van der Waals surface area contributed by atoms with E-state index in [2.05, 4.69) is 11.6 Å². The fourth-order valence-electron chi connectivity index (χ4n) is 6.49. The summed E-state index contributed by atoms with van der Waals surface area (Å²) in [5.41, 5.74) is -5.30. The number of carbonyl (C=O) groups is 2. The smallest absolute Gasteiger partial charge is 0.417 e. The van der Waals surface area contributed by atoms with E-state index < -0.39 is 58.1 Å². The monoisotopic (exact) mass is 661 g/mol. The average molecular weight is 662 g/mol. The van der Waals surface area contributed by atoms with Crippen LogP contribution in [-0.2, 0) is 22.7 Å². The number of hydrogen-bond acceptors (Lipinski definition) is 5. The summed E-state index contributed by atoms with van der Waals surface area (Å²) in [6.07, 6.45) is -5.96. The van der Waals surface area contributed by atoms with Crippen LogP contribution in [0.1, 0.15) is 59.2 Å². The number of ether oxygens (including phenoxy) is 1. The summed E-state index contributed by atoms with van der Waals surface area (Å²) in [6.45, 7) is 3.88. The number of aliphatic hydroxyl groups is 1. The van der Waals surface area contributed by atoms with Gasteiger partial charge in [-0.15, -0.1) is 6.58 Å². The predicted molar refractivity (Wildman–Crippen MR) is 159 cm³/mol. The Bertz CT molecular complexity index is 1590. The van der Waals surface area contributed by atoms with Gasteiger partial charge in [0.25, 0.3) is 11.8 Å². The maximum absolute atomic E-state index is 14.6. The number of rotatable bonds is 7. The third-order valence-electron chi connectivity index (χ3n) is 8.90. The summed E-state index contributed by atoms with van der Waals surface area (Å²) in [4.78, 5) is 34.9. The summed E-state index contributed by atoms with van der Waals surface area (Å²) in [6, 6.07) is 12.2. The first-order valence-electron chi connectivity index (χ1n) is 15.1. The van der Waals surface area contributed by atoms with Gasteiger partial charge in [-0.1, -0.05) is 36.4 Å². The molecule has 0 radical (unpaired) electrons. The molecule has 1 N–H and O–H groups in total. The van der Waals surface area contributed by atoms with Crippen molar-refractivity contribution in [2.45, 2.75) is 61.7 Å². The first kappa shape index (κ1) is 34.0. The molecule has 2 aliphatic rings. The molecule has 1 aromatic heterocycles. The normalized spacial score (nSPS) is 21.6. The maximum atomic E-state index is 14.6. The van der Waals surface area contributed by atoms with Crippen LogP contribution in [0.4, 0.5) is 26.3 Å². The number of likely N-dealkylation sites (tertiary alicyclic amines) is 2. The Morgan fingerprint density at radius 2 is 1.60 bits per heavy atom. The number of halogens is 6. The molecule has 3 heterocycles.